The highest BCUT2D eigenvalue weighted by Gasteiger charge is 2.23. The monoisotopic (exact) mass is 285 g/mol. The number of H-pyrrole nitrogens is 1. The Labute approximate surface area is 121 Å². The highest BCUT2D eigenvalue weighted by molar-refractivity contribution is 5.98. The molecule has 0 aromatic carbocycles. The standard InChI is InChI=1S/C14H15N5O2/c20-12-5-9(6-16-12)7-17-14(21)13-11(8-18-19-13)10-1-3-15-4-2-10/h1-4,8-9H,5-7H2,(H,16,20)(H,17,21)(H,18,19). The average molecular weight is 285 g/mol. The van der Waals surface area contributed by atoms with Crippen molar-refractivity contribution in [2.45, 2.75) is 6.42 Å². The van der Waals surface area contributed by atoms with Crippen molar-refractivity contribution >= 4 is 11.8 Å². The molecular weight excluding hydrogens is 270 g/mol. The molecule has 1 unspecified atom stereocenters. The minimum absolute atomic E-state index is 0.0354. The smallest absolute Gasteiger partial charge is 0.269 e. The van der Waals surface area contributed by atoms with Gasteiger partial charge in [-0.2, -0.15) is 5.10 Å². The number of hydrogen-bond acceptors (Lipinski definition) is 4. The van der Waals surface area contributed by atoms with Crippen molar-refractivity contribution in [3.05, 3.63) is 36.4 Å². The van der Waals surface area contributed by atoms with Gasteiger partial charge in [-0.15, -0.1) is 0 Å². The summed E-state index contributed by atoms with van der Waals surface area (Å²) in [4.78, 5) is 27.3. The maximum absolute atomic E-state index is 12.2. The third kappa shape index (κ3) is 2.91. The Morgan fingerprint density at radius 1 is 1.38 bits per heavy atom. The SMILES string of the molecule is O=C1CC(CNC(=O)c2[nH]ncc2-c2ccncc2)CN1. The topological polar surface area (TPSA) is 99.8 Å². The summed E-state index contributed by atoms with van der Waals surface area (Å²) in [7, 11) is 0. The van der Waals surface area contributed by atoms with Crippen molar-refractivity contribution in [2.24, 2.45) is 5.92 Å². The molecule has 3 N–H and O–H groups in total. The number of carbonyl (C=O) groups is 2. The number of hydrogen-bond donors (Lipinski definition) is 3. The van der Waals surface area contributed by atoms with Crippen LogP contribution in [0, 0.1) is 5.92 Å². The number of amides is 2. The van der Waals surface area contributed by atoms with E-state index in [-0.39, 0.29) is 17.7 Å². The predicted octanol–water partition coefficient (Wildman–Crippen LogP) is 0.338. The second-order valence-electron chi connectivity index (χ2n) is 4.98. The quantitative estimate of drug-likeness (QED) is 0.754. The van der Waals surface area contributed by atoms with Gasteiger partial charge in [0.2, 0.25) is 5.91 Å². The van der Waals surface area contributed by atoms with Crippen LogP contribution in [0.15, 0.2) is 30.7 Å². The Bertz CT molecular complexity index is 652. The van der Waals surface area contributed by atoms with Crippen molar-refractivity contribution in [2.75, 3.05) is 13.1 Å². The van der Waals surface area contributed by atoms with Crippen LogP contribution in [-0.4, -0.2) is 40.1 Å². The van der Waals surface area contributed by atoms with Gasteiger partial charge in [0.25, 0.3) is 5.91 Å². The molecule has 0 radical (unpaired) electrons. The van der Waals surface area contributed by atoms with Gasteiger partial charge in [-0.1, -0.05) is 0 Å². The molecule has 0 bridgehead atoms. The van der Waals surface area contributed by atoms with E-state index in [0.717, 1.165) is 11.1 Å². The van der Waals surface area contributed by atoms with E-state index in [4.69, 9.17) is 0 Å². The molecule has 2 aromatic heterocycles. The van der Waals surface area contributed by atoms with E-state index in [9.17, 15) is 9.59 Å². The molecule has 1 atom stereocenters. The highest BCUT2D eigenvalue weighted by Crippen LogP contribution is 2.20. The third-order valence-corrected chi connectivity index (χ3v) is 3.47. The summed E-state index contributed by atoms with van der Waals surface area (Å²) in [6.07, 6.45) is 5.41. The lowest BCUT2D eigenvalue weighted by molar-refractivity contribution is -0.119. The van der Waals surface area contributed by atoms with Crippen LogP contribution in [0.2, 0.25) is 0 Å². The van der Waals surface area contributed by atoms with E-state index in [0.29, 0.717) is 25.2 Å². The van der Waals surface area contributed by atoms with Crippen LogP contribution in [0.4, 0.5) is 0 Å². The van der Waals surface area contributed by atoms with Crippen LogP contribution < -0.4 is 10.6 Å². The van der Waals surface area contributed by atoms with Gasteiger partial charge in [0.1, 0.15) is 5.69 Å². The molecule has 3 heterocycles. The van der Waals surface area contributed by atoms with Crippen LogP contribution >= 0.6 is 0 Å². The van der Waals surface area contributed by atoms with Crippen LogP contribution in [0.1, 0.15) is 16.9 Å². The van der Waals surface area contributed by atoms with Crippen molar-refractivity contribution in [1.82, 2.24) is 25.8 Å². The largest absolute Gasteiger partial charge is 0.356 e. The first-order valence-corrected chi connectivity index (χ1v) is 6.72. The van der Waals surface area contributed by atoms with E-state index >= 15 is 0 Å². The molecule has 1 aliphatic heterocycles. The zero-order valence-corrected chi connectivity index (χ0v) is 11.3. The molecule has 108 valence electrons. The summed E-state index contributed by atoms with van der Waals surface area (Å²) in [5.74, 6) is -0.0410. The molecule has 1 fully saturated rings. The van der Waals surface area contributed by atoms with E-state index in [1.54, 1.807) is 18.6 Å². The Balaban J connectivity index is 1.68. The highest BCUT2D eigenvalue weighted by atomic mass is 16.2. The number of carbonyl (C=O) groups excluding carboxylic acids is 2. The zero-order chi connectivity index (χ0) is 14.7. The van der Waals surface area contributed by atoms with E-state index in [1.807, 2.05) is 12.1 Å². The first kappa shape index (κ1) is 13.3. The van der Waals surface area contributed by atoms with Crippen molar-refractivity contribution < 1.29 is 9.59 Å². The molecule has 0 spiro atoms. The Morgan fingerprint density at radius 2 is 2.19 bits per heavy atom. The fourth-order valence-electron chi connectivity index (χ4n) is 2.34. The van der Waals surface area contributed by atoms with Gasteiger partial charge in [-0.05, 0) is 17.7 Å². The van der Waals surface area contributed by atoms with Gasteiger partial charge in [-0.3, -0.25) is 19.7 Å². The summed E-state index contributed by atoms with van der Waals surface area (Å²) in [6.45, 7) is 1.08. The molecule has 7 nitrogen and oxygen atoms in total. The van der Waals surface area contributed by atoms with Gasteiger partial charge >= 0.3 is 0 Å². The van der Waals surface area contributed by atoms with Crippen LogP contribution in [0.5, 0.6) is 0 Å². The van der Waals surface area contributed by atoms with Crippen molar-refractivity contribution in [3.8, 4) is 11.1 Å². The summed E-state index contributed by atoms with van der Waals surface area (Å²) in [5, 5.41) is 12.2. The Hall–Kier alpha value is -2.70. The van der Waals surface area contributed by atoms with Crippen LogP contribution in [0.25, 0.3) is 11.1 Å². The van der Waals surface area contributed by atoms with Gasteiger partial charge < -0.3 is 10.6 Å². The molecule has 2 aromatic rings. The molecule has 0 saturated carbocycles. The molecule has 3 rings (SSSR count). The summed E-state index contributed by atoms with van der Waals surface area (Å²) in [6, 6.07) is 3.64. The second-order valence-corrected chi connectivity index (χ2v) is 4.98. The number of pyridine rings is 1. The maximum Gasteiger partial charge on any atom is 0.269 e. The Morgan fingerprint density at radius 3 is 2.90 bits per heavy atom. The predicted molar refractivity (Wildman–Crippen MR) is 75.3 cm³/mol. The fourth-order valence-corrected chi connectivity index (χ4v) is 2.34. The number of rotatable bonds is 4. The minimum atomic E-state index is -0.223. The van der Waals surface area contributed by atoms with Crippen LogP contribution in [-0.2, 0) is 4.79 Å². The normalized spacial score (nSPS) is 17.5. The molecule has 1 saturated heterocycles. The summed E-state index contributed by atoms with van der Waals surface area (Å²) >= 11 is 0. The average Bonchev–Trinajstić information content (AvgIpc) is 3.14. The van der Waals surface area contributed by atoms with Gasteiger partial charge in [0.15, 0.2) is 0 Å². The number of nitrogens with one attached hydrogen (secondary N) is 3. The van der Waals surface area contributed by atoms with Crippen molar-refractivity contribution in [3.63, 3.8) is 0 Å². The molecular formula is C14H15N5O2. The minimum Gasteiger partial charge on any atom is -0.356 e. The number of aromatic amines is 1. The van der Waals surface area contributed by atoms with Gasteiger partial charge in [0.05, 0.1) is 6.20 Å². The van der Waals surface area contributed by atoms with Crippen molar-refractivity contribution in [1.29, 1.82) is 0 Å². The zero-order valence-electron chi connectivity index (χ0n) is 11.3. The number of nitrogens with zero attached hydrogens (tertiary/aromatic N) is 2. The van der Waals surface area contributed by atoms with E-state index in [2.05, 4.69) is 25.8 Å². The molecule has 2 amide bonds. The molecule has 1 aliphatic rings. The molecule has 21 heavy (non-hydrogen) atoms. The van der Waals surface area contributed by atoms with Crippen LogP contribution in [0.3, 0.4) is 0 Å². The molecule has 0 aliphatic carbocycles. The van der Waals surface area contributed by atoms with Gasteiger partial charge in [0, 0.05) is 43.4 Å². The number of aromatic nitrogens is 3. The first-order valence-electron chi connectivity index (χ1n) is 6.72. The van der Waals surface area contributed by atoms with E-state index in [1.165, 1.54) is 0 Å². The lowest BCUT2D eigenvalue weighted by atomic mass is 10.1. The lowest BCUT2D eigenvalue weighted by Crippen LogP contribution is -2.30. The Kier molecular flexibility index (Phi) is 3.63. The second kappa shape index (κ2) is 5.74. The lowest BCUT2D eigenvalue weighted by Gasteiger charge is -2.09. The summed E-state index contributed by atoms with van der Waals surface area (Å²) in [5.41, 5.74) is 2.02. The fraction of sp³-hybridized carbons (Fsp3) is 0.286. The van der Waals surface area contributed by atoms with Gasteiger partial charge in [-0.25, -0.2) is 0 Å². The third-order valence-electron chi connectivity index (χ3n) is 3.47. The summed E-state index contributed by atoms with van der Waals surface area (Å²) < 4.78 is 0. The molecule has 7 heteroatoms. The first-order chi connectivity index (χ1) is 10.2. The van der Waals surface area contributed by atoms with E-state index < -0.39 is 0 Å². The maximum atomic E-state index is 12.2.